The Kier molecular flexibility index (Phi) is 3.43. The van der Waals surface area contributed by atoms with Gasteiger partial charge in [-0.05, 0) is 41.0 Å². The highest BCUT2D eigenvalue weighted by Crippen LogP contribution is 2.24. The van der Waals surface area contributed by atoms with Crippen LogP contribution in [0.4, 0.5) is 0 Å². The number of ether oxygens (including phenoxy) is 1. The van der Waals surface area contributed by atoms with Crippen LogP contribution in [0.5, 0.6) is 5.75 Å². The molecule has 1 saturated heterocycles. The number of hydrogen-bond acceptors (Lipinski definition) is 2. The van der Waals surface area contributed by atoms with Crippen LogP contribution in [0.3, 0.4) is 0 Å². The number of rotatable bonds is 3. The van der Waals surface area contributed by atoms with E-state index in [2.05, 4.69) is 21.2 Å². The van der Waals surface area contributed by atoms with Gasteiger partial charge in [0.15, 0.2) is 0 Å². The predicted octanol–water partition coefficient (Wildman–Crippen LogP) is 2.44. The first-order valence-electron chi connectivity index (χ1n) is 4.94. The maximum absolute atomic E-state index is 5.73. The van der Waals surface area contributed by atoms with Gasteiger partial charge in [-0.15, -0.1) is 0 Å². The summed E-state index contributed by atoms with van der Waals surface area (Å²) in [7, 11) is 0. The maximum atomic E-state index is 5.73. The lowest BCUT2D eigenvalue weighted by Crippen LogP contribution is -2.15. The van der Waals surface area contributed by atoms with Gasteiger partial charge in [0.25, 0.3) is 0 Å². The summed E-state index contributed by atoms with van der Waals surface area (Å²) in [5.74, 6) is 1.61. The van der Waals surface area contributed by atoms with Gasteiger partial charge in [0, 0.05) is 12.5 Å². The molecule has 1 fully saturated rings. The molecule has 0 aromatic heterocycles. The molecule has 1 aromatic carbocycles. The van der Waals surface area contributed by atoms with Crippen molar-refractivity contribution in [3.8, 4) is 5.75 Å². The minimum atomic E-state index is 0.669. The molecule has 0 aliphatic carbocycles. The highest BCUT2D eigenvalue weighted by molar-refractivity contribution is 9.10. The molecule has 0 spiro atoms. The zero-order chi connectivity index (χ0) is 9.80. The normalized spacial score (nSPS) is 21.1. The average Bonchev–Trinajstić information content (AvgIpc) is 2.69. The van der Waals surface area contributed by atoms with E-state index in [4.69, 9.17) is 4.74 Å². The number of nitrogens with one attached hydrogen (secondary N) is 1. The largest absolute Gasteiger partial charge is 0.492 e. The molecular weight excluding hydrogens is 242 g/mol. The number of hydrogen-bond donors (Lipinski definition) is 1. The smallest absolute Gasteiger partial charge is 0.133 e. The van der Waals surface area contributed by atoms with Crippen LogP contribution < -0.4 is 10.1 Å². The minimum absolute atomic E-state index is 0.669. The van der Waals surface area contributed by atoms with Crippen LogP contribution in [-0.4, -0.2) is 19.7 Å². The van der Waals surface area contributed by atoms with E-state index in [9.17, 15) is 0 Å². The fourth-order valence-electron chi connectivity index (χ4n) is 1.63. The van der Waals surface area contributed by atoms with Crippen LogP contribution in [0.2, 0.25) is 0 Å². The molecule has 76 valence electrons. The van der Waals surface area contributed by atoms with Gasteiger partial charge in [0.1, 0.15) is 5.75 Å². The lowest BCUT2D eigenvalue weighted by molar-refractivity contribution is 0.258. The van der Waals surface area contributed by atoms with E-state index in [0.29, 0.717) is 5.92 Å². The average molecular weight is 256 g/mol. The molecule has 0 bridgehead atoms. The monoisotopic (exact) mass is 255 g/mol. The van der Waals surface area contributed by atoms with Crippen LogP contribution in [0.1, 0.15) is 6.42 Å². The molecule has 0 amide bonds. The van der Waals surface area contributed by atoms with Gasteiger partial charge in [-0.2, -0.15) is 0 Å². The molecule has 1 N–H and O–H groups in total. The molecule has 1 aliphatic rings. The molecule has 0 unspecified atom stereocenters. The van der Waals surface area contributed by atoms with Gasteiger partial charge in [-0.25, -0.2) is 0 Å². The highest BCUT2D eigenvalue weighted by atomic mass is 79.9. The Labute approximate surface area is 92.8 Å². The van der Waals surface area contributed by atoms with Crippen LogP contribution >= 0.6 is 15.9 Å². The van der Waals surface area contributed by atoms with Crippen molar-refractivity contribution in [2.45, 2.75) is 6.42 Å². The Morgan fingerprint density at radius 1 is 1.43 bits per heavy atom. The van der Waals surface area contributed by atoms with Crippen molar-refractivity contribution < 1.29 is 4.74 Å². The van der Waals surface area contributed by atoms with Crippen molar-refractivity contribution in [3.05, 3.63) is 28.7 Å². The molecule has 0 saturated carbocycles. The zero-order valence-electron chi connectivity index (χ0n) is 8.00. The van der Waals surface area contributed by atoms with Crippen LogP contribution in [0.15, 0.2) is 28.7 Å². The Balaban J connectivity index is 1.88. The fraction of sp³-hybridized carbons (Fsp3) is 0.455. The fourth-order valence-corrected chi connectivity index (χ4v) is 2.03. The first-order valence-corrected chi connectivity index (χ1v) is 5.73. The second-order valence-electron chi connectivity index (χ2n) is 3.60. The second-order valence-corrected chi connectivity index (χ2v) is 4.45. The van der Waals surface area contributed by atoms with E-state index in [1.165, 1.54) is 6.42 Å². The van der Waals surface area contributed by atoms with Crippen molar-refractivity contribution in [2.24, 2.45) is 5.92 Å². The van der Waals surface area contributed by atoms with Crippen LogP contribution in [-0.2, 0) is 0 Å². The van der Waals surface area contributed by atoms with E-state index < -0.39 is 0 Å². The summed E-state index contributed by atoms with van der Waals surface area (Å²) in [5, 5.41) is 3.33. The standard InChI is InChI=1S/C11H14BrNO/c12-10-3-1-2-4-11(10)14-8-9-5-6-13-7-9/h1-4,9,13H,5-8H2/t9-/m1/s1. The third kappa shape index (κ3) is 2.49. The summed E-state index contributed by atoms with van der Waals surface area (Å²) in [4.78, 5) is 0. The topological polar surface area (TPSA) is 21.3 Å². The highest BCUT2D eigenvalue weighted by Gasteiger charge is 2.15. The Bertz CT molecular complexity index is 297. The Morgan fingerprint density at radius 2 is 2.29 bits per heavy atom. The summed E-state index contributed by atoms with van der Waals surface area (Å²) in [6.07, 6.45) is 1.23. The van der Waals surface area contributed by atoms with Gasteiger partial charge in [-0.1, -0.05) is 12.1 Å². The minimum Gasteiger partial charge on any atom is -0.492 e. The Morgan fingerprint density at radius 3 is 3.00 bits per heavy atom. The van der Waals surface area contributed by atoms with E-state index >= 15 is 0 Å². The first kappa shape index (κ1) is 9.99. The lowest BCUT2D eigenvalue weighted by Gasteiger charge is -2.11. The van der Waals surface area contributed by atoms with Crippen molar-refractivity contribution in [2.75, 3.05) is 19.7 Å². The molecule has 2 rings (SSSR count). The van der Waals surface area contributed by atoms with Crippen molar-refractivity contribution in [1.82, 2.24) is 5.32 Å². The van der Waals surface area contributed by atoms with Crippen LogP contribution in [0, 0.1) is 5.92 Å². The number of benzene rings is 1. The summed E-state index contributed by atoms with van der Waals surface area (Å²) in [5.41, 5.74) is 0. The molecule has 1 aromatic rings. The van der Waals surface area contributed by atoms with Gasteiger partial charge in [0.05, 0.1) is 11.1 Å². The Hall–Kier alpha value is -0.540. The van der Waals surface area contributed by atoms with Crippen molar-refractivity contribution >= 4 is 15.9 Å². The first-order chi connectivity index (χ1) is 6.86. The van der Waals surface area contributed by atoms with E-state index in [1.54, 1.807) is 0 Å². The summed E-state index contributed by atoms with van der Waals surface area (Å²) >= 11 is 3.47. The van der Waals surface area contributed by atoms with Gasteiger partial charge in [-0.3, -0.25) is 0 Å². The van der Waals surface area contributed by atoms with Gasteiger partial charge < -0.3 is 10.1 Å². The molecule has 0 radical (unpaired) electrons. The van der Waals surface area contributed by atoms with Crippen molar-refractivity contribution in [3.63, 3.8) is 0 Å². The van der Waals surface area contributed by atoms with E-state index in [0.717, 1.165) is 29.9 Å². The van der Waals surface area contributed by atoms with E-state index in [-0.39, 0.29) is 0 Å². The lowest BCUT2D eigenvalue weighted by atomic mass is 10.1. The molecule has 1 heterocycles. The predicted molar refractivity (Wildman–Crippen MR) is 60.6 cm³/mol. The number of halogens is 1. The summed E-state index contributed by atoms with van der Waals surface area (Å²) in [6.45, 7) is 3.03. The van der Waals surface area contributed by atoms with Crippen LogP contribution in [0.25, 0.3) is 0 Å². The molecule has 2 nitrogen and oxygen atoms in total. The molecule has 1 atom stereocenters. The summed E-state index contributed by atoms with van der Waals surface area (Å²) in [6, 6.07) is 7.98. The third-order valence-corrected chi connectivity index (χ3v) is 3.13. The molecule has 1 aliphatic heterocycles. The van der Waals surface area contributed by atoms with E-state index in [1.807, 2.05) is 24.3 Å². The molecule has 3 heteroatoms. The van der Waals surface area contributed by atoms with Gasteiger partial charge in [0.2, 0.25) is 0 Å². The second kappa shape index (κ2) is 4.80. The quantitative estimate of drug-likeness (QED) is 0.896. The SMILES string of the molecule is Brc1ccccc1OC[C@@H]1CCNC1. The van der Waals surface area contributed by atoms with Crippen molar-refractivity contribution in [1.29, 1.82) is 0 Å². The van der Waals surface area contributed by atoms with Gasteiger partial charge >= 0.3 is 0 Å². The zero-order valence-corrected chi connectivity index (χ0v) is 9.59. The molecular formula is C11H14BrNO. The summed E-state index contributed by atoms with van der Waals surface area (Å²) < 4.78 is 6.77. The number of para-hydroxylation sites is 1. The maximum Gasteiger partial charge on any atom is 0.133 e. The molecule has 14 heavy (non-hydrogen) atoms. The third-order valence-electron chi connectivity index (χ3n) is 2.47.